The predicted molar refractivity (Wildman–Crippen MR) is 79.9 cm³/mol. The molecule has 0 spiro atoms. The van der Waals surface area contributed by atoms with Crippen molar-refractivity contribution in [3.63, 3.8) is 0 Å². The fraction of sp³-hybridized carbons (Fsp3) is 0.571. The van der Waals surface area contributed by atoms with Gasteiger partial charge in [-0.25, -0.2) is 8.42 Å². The fourth-order valence-corrected chi connectivity index (χ4v) is 3.82. The van der Waals surface area contributed by atoms with Crippen LogP contribution in [0.4, 0.5) is 5.69 Å². The largest absolute Gasteiger partial charge is 0.367 e. The second-order valence-electron chi connectivity index (χ2n) is 5.06. The van der Waals surface area contributed by atoms with E-state index in [4.69, 9.17) is 11.6 Å². The van der Waals surface area contributed by atoms with Gasteiger partial charge >= 0.3 is 0 Å². The van der Waals surface area contributed by atoms with Crippen LogP contribution < -0.4 is 4.90 Å². The van der Waals surface area contributed by atoms with Gasteiger partial charge < -0.3 is 4.90 Å². The number of hydrogen-bond donors (Lipinski definition) is 0. The van der Waals surface area contributed by atoms with Gasteiger partial charge in [-0.15, -0.1) is 11.6 Å². The van der Waals surface area contributed by atoms with Gasteiger partial charge in [-0.1, -0.05) is 12.1 Å². The lowest BCUT2D eigenvalue weighted by Gasteiger charge is -2.28. The zero-order valence-corrected chi connectivity index (χ0v) is 12.8. The average molecular weight is 302 g/mol. The molecule has 0 bridgehead atoms. The van der Waals surface area contributed by atoms with Crippen LogP contribution in [0, 0.1) is 0 Å². The van der Waals surface area contributed by atoms with Crippen molar-refractivity contribution in [1.82, 2.24) is 0 Å². The van der Waals surface area contributed by atoms with Gasteiger partial charge in [-0.2, -0.15) is 0 Å². The summed E-state index contributed by atoms with van der Waals surface area (Å²) in [5.74, 6) is 0.665. The van der Waals surface area contributed by atoms with Crippen LogP contribution in [-0.4, -0.2) is 33.1 Å². The first kappa shape index (κ1) is 14.7. The molecule has 0 radical (unpaired) electrons. The van der Waals surface area contributed by atoms with E-state index in [1.807, 2.05) is 12.1 Å². The SMILES string of the molecule is CS(=O)(=O)c1ccccc1N1CCCC1CCCCl. The van der Waals surface area contributed by atoms with Crippen LogP contribution in [0.25, 0.3) is 0 Å². The number of para-hydroxylation sites is 1. The first-order chi connectivity index (χ1) is 9.04. The molecule has 1 aromatic rings. The molecule has 1 atom stereocenters. The zero-order chi connectivity index (χ0) is 13.9. The molecule has 0 saturated carbocycles. The number of benzene rings is 1. The Morgan fingerprint density at radius 2 is 2.11 bits per heavy atom. The van der Waals surface area contributed by atoms with Crippen LogP contribution in [-0.2, 0) is 9.84 Å². The van der Waals surface area contributed by atoms with Crippen molar-refractivity contribution < 1.29 is 8.42 Å². The summed E-state index contributed by atoms with van der Waals surface area (Å²) >= 11 is 5.76. The molecule has 19 heavy (non-hydrogen) atoms. The van der Waals surface area contributed by atoms with Crippen LogP contribution in [0.1, 0.15) is 25.7 Å². The van der Waals surface area contributed by atoms with Crippen molar-refractivity contribution in [1.29, 1.82) is 0 Å². The van der Waals surface area contributed by atoms with Gasteiger partial charge in [0.1, 0.15) is 0 Å². The summed E-state index contributed by atoms with van der Waals surface area (Å²) in [5.41, 5.74) is 0.849. The molecular formula is C14H20ClNO2S. The van der Waals surface area contributed by atoms with Gasteiger partial charge in [-0.3, -0.25) is 0 Å². The van der Waals surface area contributed by atoms with Crippen LogP contribution in [0.5, 0.6) is 0 Å². The Balaban J connectivity index is 2.31. The highest BCUT2D eigenvalue weighted by Crippen LogP contribution is 2.32. The molecule has 106 valence electrons. The minimum atomic E-state index is -3.18. The van der Waals surface area contributed by atoms with Gasteiger partial charge in [0.15, 0.2) is 9.84 Å². The van der Waals surface area contributed by atoms with E-state index in [1.165, 1.54) is 6.26 Å². The maximum atomic E-state index is 11.9. The van der Waals surface area contributed by atoms with Crippen LogP contribution in [0.3, 0.4) is 0 Å². The lowest BCUT2D eigenvalue weighted by Crippen LogP contribution is -2.30. The second-order valence-corrected chi connectivity index (χ2v) is 7.42. The van der Waals surface area contributed by atoms with E-state index in [0.29, 0.717) is 16.8 Å². The fourth-order valence-electron chi connectivity index (χ4n) is 2.77. The minimum Gasteiger partial charge on any atom is -0.367 e. The molecule has 2 rings (SSSR count). The Labute approximate surface area is 120 Å². The number of halogens is 1. The van der Waals surface area contributed by atoms with Gasteiger partial charge in [0.05, 0.1) is 10.6 Å². The van der Waals surface area contributed by atoms with E-state index in [2.05, 4.69) is 4.90 Å². The van der Waals surface area contributed by atoms with Gasteiger partial charge in [0.25, 0.3) is 0 Å². The number of rotatable bonds is 5. The third-order valence-corrected chi connectivity index (χ3v) is 5.03. The molecule has 1 aliphatic rings. The number of hydrogen-bond acceptors (Lipinski definition) is 3. The molecule has 0 aliphatic carbocycles. The van der Waals surface area contributed by atoms with E-state index < -0.39 is 9.84 Å². The minimum absolute atomic E-state index is 0.418. The zero-order valence-electron chi connectivity index (χ0n) is 11.2. The molecule has 0 amide bonds. The predicted octanol–water partition coefficient (Wildman–Crippen LogP) is 3.08. The molecule has 1 saturated heterocycles. The lowest BCUT2D eigenvalue weighted by molar-refractivity contribution is 0.591. The normalized spacial score (nSPS) is 19.9. The maximum Gasteiger partial charge on any atom is 0.177 e. The quantitative estimate of drug-likeness (QED) is 0.784. The molecule has 1 aromatic carbocycles. The molecular weight excluding hydrogens is 282 g/mol. The molecule has 0 aromatic heterocycles. The van der Waals surface area contributed by atoms with Crippen molar-refractivity contribution in [2.75, 3.05) is 23.6 Å². The van der Waals surface area contributed by atoms with Crippen molar-refractivity contribution in [3.05, 3.63) is 24.3 Å². The Bertz CT molecular complexity index is 530. The van der Waals surface area contributed by atoms with E-state index in [1.54, 1.807) is 12.1 Å². The number of sulfone groups is 1. The smallest absolute Gasteiger partial charge is 0.177 e. The highest BCUT2D eigenvalue weighted by Gasteiger charge is 2.27. The first-order valence-corrected chi connectivity index (χ1v) is 9.08. The number of nitrogens with zero attached hydrogens (tertiary/aromatic N) is 1. The van der Waals surface area contributed by atoms with E-state index in [9.17, 15) is 8.42 Å². The summed E-state index contributed by atoms with van der Waals surface area (Å²) < 4.78 is 23.8. The topological polar surface area (TPSA) is 37.4 Å². The molecule has 0 N–H and O–H groups in total. The number of alkyl halides is 1. The Hall–Kier alpha value is -0.740. The maximum absolute atomic E-state index is 11.9. The summed E-state index contributed by atoms with van der Waals surface area (Å²) in [6.45, 7) is 0.930. The Morgan fingerprint density at radius 3 is 2.79 bits per heavy atom. The Kier molecular flexibility index (Phi) is 4.74. The third-order valence-electron chi connectivity index (χ3n) is 3.62. The van der Waals surface area contributed by atoms with Gasteiger partial charge in [-0.05, 0) is 37.8 Å². The Morgan fingerprint density at radius 1 is 1.37 bits per heavy atom. The molecule has 1 unspecified atom stereocenters. The standard InChI is InChI=1S/C14H20ClNO2S/c1-19(17,18)14-9-3-2-8-13(14)16-11-5-7-12(16)6-4-10-15/h2-3,8-9,12H,4-7,10-11H2,1H3. The average Bonchev–Trinajstić information content (AvgIpc) is 2.83. The third kappa shape index (κ3) is 3.42. The summed E-state index contributed by atoms with van der Waals surface area (Å²) in [4.78, 5) is 2.68. The summed E-state index contributed by atoms with van der Waals surface area (Å²) in [6, 6.07) is 7.71. The van der Waals surface area contributed by atoms with E-state index >= 15 is 0 Å². The van der Waals surface area contributed by atoms with Gasteiger partial charge in [0.2, 0.25) is 0 Å². The van der Waals surface area contributed by atoms with E-state index in [0.717, 1.165) is 37.9 Å². The molecule has 5 heteroatoms. The van der Waals surface area contributed by atoms with Gasteiger partial charge in [0, 0.05) is 24.7 Å². The molecule has 1 fully saturated rings. The van der Waals surface area contributed by atoms with Crippen molar-refractivity contribution >= 4 is 27.1 Å². The van der Waals surface area contributed by atoms with Crippen LogP contribution >= 0.6 is 11.6 Å². The van der Waals surface area contributed by atoms with Crippen molar-refractivity contribution in [3.8, 4) is 0 Å². The summed E-state index contributed by atoms with van der Waals surface area (Å²) in [5, 5.41) is 0. The lowest BCUT2D eigenvalue weighted by atomic mass is 10.1. The van der Waals surface area contributed by atoms with Crippen molar-refractivity contribution in [2.45, 2.75) is 36.6 Å². The molecule has 1 aliphatic heterocycles. The first-order valence-electron chi connectivity index (χ1n) is 6.65. The summed E-state index contributed by atoms with van der Waals surface area (Å²) in [7, 11) is -3.18. The second kappa shape index (κ2) is 6.14. The molecule has 1 heterocycles. The monoisotopic (exact) mass is 301 g/mol. The van der Waals surface area contributed by atoms with Crippen LogP contribution in [0.2, 0.25) is 0 Å². The van der Waals surface area contributed by atoms with Crippen LogP contribution in [0.15, 0.2) is 29.2 Å². The molecule has 3 nitrogen and oxygen atoms in total. The number of anilines is 1. The van der Waals surface area contributed by atoms with E-state index in [-0.39, 0.29) is 0 Å². The van der Waals surface area contributed by atoms with Crippen molar-refractivity contribution in [2.24, 2.45) is 0 Å². The highest BCUT2D eigenvalue weighted by molar-refractivity contribution is 7.90. The highest BCUT2D eigenvalue weighted by atomic mass is 35.5. The summed E-state index contributed by atoms with van der Waals surface area (Å²) in [6.07, 6.45) is 5.51.